The highest BCUT2D eigenvalue weighted by atomic mass is 32.1. The van der Waals surface area contributed by atoms with Crippen LogP contribution in [0.25, 0.3) is 10.1 Å². The first-order valence-electron chi connectivity index (χ1n) is 6.04. The molecule has 100 valence electrons. The van der Waals surface area contributed by atoms with E-state index < -0.39 is 0 Å². The molecule has 0 radical (unpaired) electrons. The van der Waals surface area contributed by atoms with Crippen molar-refractivity contribution in [1.82, 2.24) is 0 Å². The molecule has 0 saturated carbocycles. The van der Waals surface area contributed by atoms with E-state index in [4.69, 9.17) is 0 Å². The van der Waals surface area contributed by atoms with Crippen molar-refractivity contribution >= 4 is 27.2 Å². The van der Waals surface area contributed by atoms with E-state index in [-0.39, 0.29) is 17.4 Å². The fourth-order valence-corrected chi connectivity index (χ4v) is 3.06. The molecule has 0 atom stereocenters. The minimum Gasteiger partial charge on any atom is -0.288 e. The Morgan fingerprint density at radius 2 is 1.85 bits per heavy atom. The molecule has 1 nitrogen and oxygen atoms in total. The number of ketones is 1. The SMILES string of the molecule is Cc1cc(C(=O)c2cc3cc(F)ccc3s2)ccc1F. The number of carbonyl (C=O) groups is 1. The molecule has 3 aromatic rings. The summed E-state index contributed by atoms with van der Waals surface area (Å²) < 4.78 is 27.2. The van der Waals surface area contributed by atoms with Gasteiger partial charge in [0.15, 0.2) is 0 Å². The fraction of sp³-hybridized carbons (Fsp3) is 0.0625. The third-order valence-electron chi connectivity index (χ3n) is 3.12. The summed E-state index contributed by atoms with van der Waals surface area (Å²) in [7, 11) is 0. The van der Waals surface area contributed by atoms with Gasteiger partial charge in [0.25, 0.3) is 0 Å². The number of rotatable bonds is 2. The smallest absolute Gasteiger partial charge is 0.202 e. The molecule has 0 fully saturated rings. The zero-order valence-corrected chi connectivity index (χ0v) is 11.4. The molecular formula is C16H10F2OS. The minimum atomic E-state index is -0.333. The molecule has 1 aromatic heterocycles. The number of hydrogen-bond acceptors (Lipinski definition) is 2. The second kappa shape index (κ2) is 4.80. The van der Waals surface area contributed by atoms with Gasteiger partial charge in [-0.15, -0.1) is 11.3 Å². The molecule has 0 aliphatic carbocycles. The van der Waals surface area contributed by atoms with E-state index in [2.05, 4.69) is 0 Å². The Morgan fingerprint density at radius 1 is 1.05 bits per heavy atom. The van der Waals surface area contributed by atoms with Crippen molar-refractivity contribution < 1.29 is 13.6 Å². The van der Waals surface area contributed by atoms with Crippen molar-refractivity contribution in [3.05, 3.63) is 70.1 Å². The topological polar surface area (TPSA) is 17.1 Å². The van der Waals surface area contributed by atoms with Crippen molar-refractivity contribution in [3.63, 3.8) is 0 Å². The number of carbonyl (C=O) groups excluding carboxylic acids is 1. The van der Waals surface area contributed by atoms with Crippen LogP contribution in [0.1, 0.15) is 20.8 Å². The summed E-state index contributed by atoms with van der Waals surface area (Å²) in [6.07, 6.45) is 0. The van der Waals surface area contributed by atoms with E-state index in [0.29, 0.717) is 21.4 Å². The number of fused-ring (bicyclic) bond motifs is 1. The number of aryl methyl sites for hydroxylation is 1. The zero-order chi connectivity index (χ0) is 14.3. The lowest BCUT2D eigenvalue weighted by Crippen LogP contribution is -1.99. The van der Waals surface area contributed by atoms with Gasteiger partial charge in [-0.25, -0.2) is 8.78 Å². The Labute approximate surface area is 118 Å². The molecule has 20 heavy (non-hydrogen) atoms. The number of benzene rings is 2. The third-order valence-corrected chi connectivity index (χ3v) is 4.24. The Morgan fingerprint density at radius 3 is 2.60 bits per heavy atom. The molecule has 0 aliphatic rings. The summed E-state index contributed by atoms with van der Waals surface area (Å²) in [6.45, 7) is 1.62. The molecule has 0 amide bonds. The summed E-state index contributed by atoms with van der Waals surface area (Å²) in [6, 6.07) is 10.4. The van der Waals surface area contributed by atoms with Crippen molar-refractivity contribution in [1.29, 1.82) is 0 Å². The predicted octanol–water partition coefficient (Wildman–Crippen LogP) is 4.72. The van der Waals surface area contributed by atoms with E-state index >= 15 is 0 Å². The molecule has 0 saturated heterocycles. The third kappa shape index (κ3) is 2.23. The maximum absolute atomic E-state index is 13.2. The van der Waals surface area contributed by atoms with Crippen LogP contribution >= 0.6 is 11.3 Å². The Balaban J connectivity index is 2.05. The van der Waals surface area contributed by atoms with Gasteiger partial charge < -0.3 is 0 Å². The van der Waals surface area contributed by atoms with Crippen LogP contribution in [0.4, 0.5) is 8.78 Å². The first kappa shape index (κ1) is 12.9. The molecular weight excluding hydrogens is 278 g/mol. The Hall–Kier alpha value is -2.07. The van der Waals surface area contributed by atoms with E-state index in [1.54, 1.807) is 19.1 Å². The van der Waals surface area contributed by atoms with Gasteiger partial charge in [-0.1, -0.05) is 0 Å². The van der Waals surface area contributed by atoms with Crippen molar-refractivity contribution in [2.24, 2.45) is 0 Å². The zero-order valence-electron chi connectivity index (χ0n) is 10.6. The van der Waals surface area contributed by atoms with Crippen LogP contribution in [0.3, 0.4) is 0 Å². The van der Waals surface area contributed by atoms with E-state index in [9.17, 15) is 13.6 Å². The van der Waals surface area contributed by atoms with Gasteiger partial charge >= 0.3 is 0 Å². The van der Waals surface area contributed by atoms with Crippen LogP contribution in [0.2, 0.25) is 0 Å². The molecule has 4 heteroatoms. The van der Waals surface area contributed by atoms with Crippen LogP contribution in [-0.4, -0.2) is 5.78 Å². The van der Waals surface area contributed by atoms with Gasteiger partial charge in [0, 0.05) is 10.3 Å². The summed E-state index contributed by atoms with van der Waals surface area (Å²) in [4.78, 5) is 12.9. The van der Waals surface area contributed by atoms with Crippen molar-refractivity contribution in [2.45, 2.75) is 6.92 Å². The average Bonchev–Trinajstić information content (AvgIpc) is 2.84. The summed E-state index contributed by atoms with van der Waals surface area (Å²) in [5.41, 5.74) is 0.874. The Bertz CT molecular complexity index is 820. The van der Waals surface area contributed by atoms with E-state index in [0.717, 1.165) is 4.70 Å². The van der Waals surface area contributed by atoms with Crippen LogP contribution in [0.5, 0.6) is 0 Å². The highest BCUT2D eigenvalue weighted by Gasteiger charge is 2.14. The number of halogens is 2. The van der Waals surface area contributed by atoms with Crippen LogP contribution in [0, 0.1) is 18.6 Å². The van der Waals surface area contributed by atoms with E-state index in [1.165, 1.54) is 41.7 Å². The largest absolute Gasteiger partial charge is 0.288 e. The van der Waals surface area contributed by atoms with Gasteiger partial charge in [0.2, 0.25) is 5.78 Å². The maximum atomic E-state index is 13.2. The quantitative estimate of drug-likeness (QED) is 0.624. The number of hydrogen-bond donors (Lipinski definition) is 0. The second-order valence-corrected chi connectivity index (χ2v) is 5.67. The predicted molar refractivity (Wildman–Crippen MR) is 76.4 cm³/mol. The molecule has 3 rings (SSSR count). The van der Waals surface area contributed by atoms with Crippen LogP contribution < -0.4 is 0 Å². The molecule has 2 aromatic carbocycles. The lowest BCUT2D eigenvalue weighted by Gasteiger charge is -2.00. The second-order valence-electron chi connectivity index (χ2n) is 4.59. The molecule has 0 unspecified atom stereocenters. The average molecular weight is 288 g/mol. The molecule has 1 heterocycles. The number of thiophene rings is 1. The molecule has 0 N–H and O–H groups in total. The lowest BCUT2D eigenvalue weighted by atomic mass is 10.1. The molecule has 0 aliphatic heterocycles. The van der Waals surface area contributed by atoms with Crippen LogP contribution in [-0.2, 0) is 0 Å². The van der Waals surface area contributed by atoms with Gasteiger partial charge in [-0.3, -0.25) is 4.79 Å². The standard InChI is InChI=1S/C16H10F2OS/c1-9-6-10(2-4-13(9)18)16(19)15-8-11-7-12(17)3-5-14(11)20-15/h2-8H,1H3. The van der Waals surface area contributed by atoms with E-state index in [1.807, 2.05) is 0 Å². The van der Waals surface area contributed by atoms with Gasteiger partial charge in [-0.2, -0.15) is 0 Å². The van der Waals surface area contributed by atoms with Crippen molar-refractivity contribution in [2.75, 3.05) is 0 Å². The maximum Gasteiger partial charge on any atom is 0.202 e. The summed E-state index contributed by atoms with van der Waals surface area (Å²) in [5, 5.41) is 0.706. The van der Waals surface area contributed by atoms with Gasteiger partial charge in [0.05, 0.1) is 4.88 Å². The first-order chi connectivity index (χ1) is 9.54. The monoisotopic (exact) mass is 288 g/mol. The molecule has 0 spiro atoms. The highest BCUT2D eigenvalue weighted by Crippen LogP contribution is 2.28. The summed E-state index contributed by atoms with van der Waals surface area (Å²) >= 11 is 1.31. The van der Waals surface area contributed by atoms with Crippen LogP contribution in [0.15, 0.2) is 42.5 Å². The fourth-order valence-electron chi connectivity index (χ4n) is 2.05. The van der Waals surface area contributed by atoms with Gasteiger partial charge in [0.1, 0.15) is 11.6 Å². The first-order valence-corrected chi connectivity index (χ1v) is 6.86. The summed E-state index contributed by atoms with van der Waals surface area (Å²) in [5.74, 6) is -0.832. The highest BCUT2D eigenvalue weighted by molar-refractivity contribution is 7.21. The van der Waals surface area contributed by atoms with Crippen molar-refractivity contribution in [3.8, 4) is 0 Å². The minimum absolute atomic E-state index is 0.172. The normalized spacial score (nSPS) is 10.9. The lowest BCUT2D eigenvalue weighted by molar-refractivity contribution is 0.104. The van der Waals surface area contributed by atoms with Gasteiger partial charge in [-0.05, 0) is 60.3 Å². The Kier molecular flexibility index (Phi) is 3.10. The molecule has 0 bridgehead atoms.